The molecule has 2 atom stereocenters. The Kier molecular flexibility index (Phi) is 6.13. The lowest BCUT2D eigenvalue weighted by Crippen LogP contribution is -2.08. The van der Waals surface area contributed by atoms with E-state index in [9.17, 15) is 0 Å². The summed E-state index contributed by atoms with van der Waals surface area (Å²) in [5.74, 6) is 1.40. The molecule has 1 heterocycles. The fraction of sp³-hybridized carbons (Fsp3) is 0.571. The van der Waals surface area contributed by atoms with Gasteiger partial charge in [-0.15, -0.1) is 0 Å². The normalized spacial score (nSPS) is 20.5. The predicted molar refractivity (Wildman–Crippen MR) is 82.1 cm³/mol. The average molecular weight is 394 g/mol. The first-order valence-corrected chi connectivity index (χ1v) is 8.06. The van der Waals surface area contributed by atoms with Gasteiger partial charge >= 0.3 is 0 Å². The first-order valence-electron chi connectivity index (χ1n) is 6.35. The number of ether oxygens (including phenoxy) is 3. The van der Waals surface area contributed by atoms with Crippen molar-refractivity contribution in [3.63, 3.8) is 0 Å². The monoisotopic (exact) mass is 392 g/mol. The topological polar surface area (TPSA) is 27.7 Å². The molecule has 5 heteroatoms. The molecular weight excluding hydrogens is 376 g/mol. The van der Waals surface area contributed by atoms with E-state index < -0.39 is 0 Å². The minimum atomic E-state index is 0.333. The summed E-state index contributed by atoms with van der Waals surface area (Å²) in [5.41, 5.74) is 1.25. The standard InChI is InChI=1S/C14H18Br2O3/c1-17-6-7-19-13-3-2-10(8-12(13)15)14(16)11-4-5-18-9-11/h2-3,8,11,14H,4-7,9H2,1H3. The van der Waals surface area contributed by atoms with Crippen molar-refractivity contribution in [2.24, 2.45) is 5.92 Å². The molecule has 0 spiro atoms. The minimum Gasteiger partial charge on any atom is -0.490 e. The molecule has 1 aromatic rings. The highest BCUT2D eigenvalue weighted by Crippen LogP contribution is 2.38. The van der Waals surface area contributed by atoms with Crippen LogP contribution in [0.2, 0.25) is 0 Å². The van der Waals surface area contributed by atoms with Crippen molar-refractivity contribution in [1.29, 1.82) is 0 Å². The Hall–Kier alpha value is -0.100. The summed E-state index contributed by atoms with van der Waals surface area (Å²) in [6.45, 7) is 2.85. The molecule has 2 unspecified atom stereocenters. The molecule has 0 N–H and O–H groups in total. The van der Waals surface area contributed by atoms with Crippen LogP contribution in [0, 0.1) is 5.92 Å². The van der Waals surface area contributed by atoms with Crippen molar-refractivity contribution in [2.45, 2.75) is 11.2 Å². The summed E-state index contributed by atoms with van der Waals surface area (Å²) in [7, 11) is 1.67. The number of methoxy groups -OCH3 is 1. The van der Waals surface area contributed by atoms with Crippen LogP contribution in [0.5, 0.6) is 5.75 Å². The molecule has 2 rings (SSSR count). The van der Waals surface area contributed by atoms with Crippen LogP contribution >= 0.6 is 31.9 Å². The van der Waals surface area contributed by atoms with Crippen molar-refractivity contribution in [2.75, 3.05) is 33.5 Å². The Balaban J connectivity index is 2.00. The zero-order valence-electron chi connectivity index (χ0n) is 10.9. The quantitative estimate of drug-likeness (QED) is 0.541. The Morgan fingerprint density at radius 1 is 1.42 bits per heavy atom. The SMILES string of the molecule is COCCOc1ccc(C(Br)C2CCOC2)cc1Br. The van der Waals surface area contributed by atoms with Crippen LogP contribution in [0.25, 0.3) is 0 Å². The maximum atomic E-state index is 5.63. The molecule has 19 heavy (non-hydrogen) atoms. The minimum absolute atomic E-state index is 0.333. The lowest BCUT2D eigenvalue weighted by atomic mass is 9.98. The van der Waals surface area contributed by atoms with Crippen molar-refractivity contribution < 1.29 is 14.2 Å². The molecule has 106 valence electrons. The second kappa shape index (κ2) is 7.62. The highest BCUT2D eigenvalue weighted by molar-refractivity contribution is 9.10. The van der Waals surface area contributed by atoms with E-state index in [0.29, 0.717) is 24.0 Å². The number of alkyl halides is 1. The van der Waals surface area contributed by atoms with Gasteiger partial charge in [-0.25, -0.2) is 0 Å². The van der Waals surface area contributed by atoms with E-state index in [2.05, 4.69) is 44.0 Å². The van der Waals surface area contributed by atoms with Gasteiger partial charge < -0.3 is 14.2 Å². The summed E-state index contributed by atoms with van der Waals surface area (Å²) in [6, 6.07) is 6.21. The number of hydrogen-bond donors (Lipinski definition) is 0. The summed E-state index contributed by atoms with van der Waals surface area (Å²) < 4.78 is 17.0. The molecule has 1 aromatic carbocycles. The van der Waals surface area contributed by atoms with Crippen LogP contribution in [0.3, 0.4) is 0 Å². The Bertz CT molecular complexity index is 406. The molecule has 1 saturated heterocycles. The molecule has 1 aliphatic rings. The van der Waals surface area contributed by atoms with E-state index in [1.807, 2.05) is 6.07 Å². The lowest BCUT2D eigenvalue weighted by molar-refractivity contribution is 0.146. The maximum Gasteiger partial charge on any atom is 0.133 e. The Labute approximate surface area is 130 Å². The molecule has 0 aromatic heterocycles. The van der Waals surface area contributed by atoms with Crippen LogP contribution in [0.15, 0.2) is 22.7 Å². The van der Waals surface area contributed by atoms with E-state index in [0.717, 1.165) is 29.9 Å². The van der Waals surface area contributed by atoms with Gasteiger partial charge in [-0.05, 0) is 40.0 Å². The number of benzene rings is 1. The van der Waals surface area contributed by atoms with Crippen molar-refractivity contribution in [3.8, 4) is 5.75 Å². The first-order chi connectivity index (χ1) is 9.22. The number of halogens is 2. The largest absolute Gasteiger partial charge is 0.490 e. The van der Waals surface area contributed by atoms with Crippen LogP contribution < -0.4 is 4.74 Å². The van der Waals surface area contributed by atoms with Crippen LogP contribution in [-0.2, 0) is 9.47 Å². The highest BCUT2D eigenvalue weighted by atomic mass is 79.9. The molecule has 0 bridgehead atoms. The Morgan fingerprint density at radius 2 is 2.26 bits per heavy atom. The zero-order chi connectivity index (χ0) is 13.7. The van der Waals surface area contributed by atoms with Crippen molar-refractivity contribution >= 4 is 31.9 Å². The summed E-state index contributed by atoms with van der Waals surface area (Å²) >= 11 is 7.33. The van der Waals surface area contributed by atoms with E-state index in [1.165, 1.54) is 5.56 Å². The molecule has 0 saturated carbocycles. The summed E-state index contributed by atoms with van der Waals surface area (Å²) in [6.07, 6.45) is 1.11. The molecule has 3 nitrogen and oxygen atoms in total. The lowest BCUT2D eigenvalue weighted by Gasteiger charge is -2.17. The summed E-state index contributed by atoms with van der Waals surface area (Å²) in [5, 5.41) is 0. The van der Waals surface area contributed by atoms with Gasteiger partial charge in [0.15, 0.2) is 0 Å². The third-order valence-electron chi connectivity index (χ3n) is 3.20. The molecule has 1 aliphatic heterocycles. The number of rotatable bonds is 6. The molecule has 0 radical (unpaired) electrons. The van der Waals surface area contributed by atoms with E-state index in [1.54, 1.807) is 7.11 Å². The third kappa shape index (κ3) is 4.18. The van der Waals surface area contributed by atoms with Crippen LogP contribution in [0.4, 0.5) is 0 Å². The van der Waals surface area contributed by atoms with Gasteiger partial charge in [0.1, 0.15) is 12.4 Å². The molecule has 0 aliphatic carbocycles. The second-order valence-electron chi connectivity index (χ2n) is 4.56. The predicted octanol–water partition coefficient (Wildman–Crippen LogP) is 3.95. The third-order valence-corrected chi connectivity index (χ3v) is 5.09. The van der Waals surface area contributed by atoms with E-state index in [4.69, 9.17) is 14.2 Å². The van der Waals surface area contributed by atoms with Crippen LogP contribution in [0.1, 0.15) is 16.8 Å². The maximum absolute atomic E-state index is 5.63. The Morgan fingerprint density at radius 3 is 2.89 bits per heavy atom. The highest BCUT2D eigenvalue weighted by Gasteiger charge is 2.25. The molecule has 1 fully saturated rings. The van der Waals surface area contributed by atoms with E-state index in [-0.39, 0.29) is 0 Å². The zero-order valence-corrected chi connectivity index (χ0v) is 14.1. The van der Waals surface area contributed by atoms with Crippen molar-refractivity contribution in [3.05, 3.63) is 28.2 Å². The van der Waals surface area contributed by atoms with Crippen LogP contribution in [-0.4, -0.2) is 33.5 Å². The number of hydrogen-bond acceptors (Lipinski definition) is 3. The van der Waals surface area contributed by atoms with E-state index >= 15 is 0 Å². The smallest absolute Gasteiger partial charge is 0.133 e. The van der Waals surface area contributed by atoms with Gasteiger partial charge in [-0.2, -0.15) is 0 Å². The fourth-order valence-electron chi connectivity index (χ4n) is 2.10. The van der Waals surface area contributed by atoms with Gasteiger partial charge in [0.25, 0.3) is 0 Å². The van der Waals surface area contributed by atoms with Gasteiger partial charge in [0.2, 0.25) is 0 Å². The first kappa shape index (κ1) is 15.3. The van der Waals surface area contributed by atoms with Gasteiger partial charge in [0, 0.05) is 24.5 Å². The molecule has 0 amide bonds. The second-order valence-corrected chi connectivity index (χ2v) is 6.40. The summed E-state index contributed by atoms with van der Waals surface area (Å²) in [4.78, 5) is 0.333. The average Bonchev–Trinajstić information content (AvgIpc) is 2.94. The fourth-order valence-corrected chi connectivity index (χ4v) is 3.31. The van der Waals surface area contributed by atoms with Gasteiger partial charge in [-0.1, -0.05) is 22.0 Å². The van der Waals surface area contributed by atoms with Gasteiger partial charge in [0.05, 0.1) is 17.7 Å². The molecular formula is C14H18Br2O3. The van der Waals surface area contributed by atoms with Crippen molar-refractivity contribution in [1.82, 2.24) is 0 Å². The van der Waals surface area contributed by atoms with Gasteiger partial charge in [-0.3, -0.25) is 0 Å².